The second-order valence-electron chi connectivity index (χ2n) is 4.86. The zero-order valence-electron chi connectivity index (χ0n) is 10.9. The molecule has 1 aromatic rings. The summed E-state index contributed by atoms with van der Waals surface area (Å²) in [4.78, 5) is 8.81. The number of nitrogen functional groups attached to an aromatic ring is 1. The third-order valence-electron chi connectivity index (χ3n) is 3.37. The molecule has 9 heteroatoms. The molecular formula is C11H16F3N5O. The lowest BCUT2D eigenvalue weighted by Gasteiger charge is -2.35. The van der Waals surface area contributed by atoms with E-state index in [1.807, 2.05) is 12.3 Å². The van der Waals surface area contributed by atoms with E-state index in [1.165, 1.54) is 0 Å². The molecule has 0 bridgehead atoms. The van der Waals surface area contributed by atoms with Gasteiger partial charge in [-0.3, -0.25) is 5.43 Å². The Kier molecular flexibility index (Phi) is 4.00. The largest absolute Gasteiger partial charge is 0.433 e. The van der Waals surface area contributed by atoms with Crippen molar-refractivity contribution in [3.05, 3.63) is 11.8 Å². The van der Waals surface area contributed by atoms with Crippen LogP contribution in [0, 0.1) is 5.92 Å². The molecule has 0 amide bonds. The van der Waals surface area contributed by atoms with Crippen LogP contribution in [0.1, 0.15) is 19.0 Å². The van der Waals surface area contributed by atoms with Gasteiger partial charge >= 0.3 is 6.18 Å². The number of anilines is 2. The molecule has 6 nitrogen and oxygen atoms in total. The van der Waals surface area contributed by atoms with Crippen LogP contribution in [0.15, 0.2) is 6.07 Å². The Bertz CT molecular complexity index is 482. The van der Waals surface area contributed by atoms with Crippen molar-refractivity contribution < 1.29 is 18.3 Å². The number of hydrazine groups is 1. The number of nitrogens with two attached hydrogens (primary N) is 1. The lowest BCUT2D eigenvalue weighted by atomic mass is 9.96. The molecule has 1 aliphatic heterocycles. The van der Waals surface area contributed by atoms with E-state index in [0.29, 0.717) is 13.0 Å². The van der Waals surface area contributed by atoms with Crippen molar-refractivity contribution in [1.29, 1.82) is 0 Å². The number of alkyl halides is 3. The molecule has 112 valence electrons. The van der Waals surface area contributed by atoms with Crippen LogP contribution in [0.3, 0.4) is 0 Å². The highest BCUT2D eigenvalue weighted by molar-refractivity contribution is 5.45. The van der Waals surface area contributed by atoms with Crippen molar-refractivity contribution >= 4 is 11.8 Å². The van der Waals surface area contributed by atoms with Gasteiger partial charge in [-0.05, 0) is 12.3 Å². The molecule has 0 aromatic carbocycles. The van der Waals surface area contributed by atoms with Gasteiger partial charge in [0.2, 0.25) is 5.95 Å². The summed E-state index contributed by atoms with van der Waals surface area (Å²) in [6.07, 6.45) is -4.49. The van der Waals surface area contributed by atoms with Crippen molar-refractivity contribution in [2.75, 3.05) is 23.4 Å². The summed E-state index contributed by atoms with van der Waals surface area (Å²) in [5.41, 5.74) is 0.961. The van der Waals surface area contributed by atoms with Gasteiger partial charge in [-0.15, -0.1) is 0 Å². The second kappa shape index (κ2) is 5.41. The number of halogens is 3. The highest BCUT2D eigenvalue weighted by atomic mass is 19.4. The Balaban J connectivity index is 2.31. The number of β-amino-alcohol motifs (C(OH)–C–C–N with tert-alkyl or cyclic N) is 1. The van der Waals surface area contributed by atoms with Gasteiger partial charge in [-0.1, -0.05) is 6.92 Å². The van der Waals surface area contributed by atoms with Crippen molar-refractivity contribution in [3.8, 4) is 0 Å². The molecule has 0 aliphatic carbocycles. The first-order valence-electron chi connectivity index (χ1n) is 6.17. The predicted molar refractivity (Wildman–Crippen MR) is 66.8 cm³/mol. The molecular weight excluding hydrogens is 275 g/mol. The number of aromatic nitrogens is 2. The predicted octanol–water partition coefficient (Wildman–Crippen LogP) is 0.988. The Hall–Kier alpha value is -1.61. The lowest BCUT2D eigenvalue weighted by molar-refractivity contribution is -0.141. The Morgan fingerprint density at radius 3 is 2.70 bits per heavy atom. The van der Waals surface area contributed by atoms with E-state index < -0.39 is 18.0 Å². The minimum atomic E-state index is -4.58. The molecule has 1 saturated heterocycles. The van der Waals surface area contributed by atoms with Crippen molar-refractivity contribution in [2.24, 2.45) is 11.8 Å². The molecule has 2 unspecified atom stereocenters. The number of aliphatic hydroxyl groups is 1. The zero-order chi connectivity index (χ0) is 14.9. The van der Waals surface area contributed by atoms with Crippen LogP contribution >= 0.6 is 0 Å². The van der Waals surface area contributed by atoms with Crippen LogP contribution in [0.2, 0.25) is 0 Å². The van der Waals surface area contributed by atoms with Crippen LogP contribution in [-0.4, -0.2) is 34.3 Å². The van der Waals surface area contributed by atoms with Gasteiger partial charge < -0.3 is 10.0 Å². The fraction of sp³-hybridized carbons (Fsp3) is 0.636. The standard InChI is InChI=1S/C11H16F3N5O/c1-6-2-3-19(5-7(6)20)9-4-8(11(12,13)14)16-10(17-9)18-15/h4,6-7,20H,2-3,5,15H2,1H3,(H,16,17,18). The summed E-state index contributed by atoms with van der Waals surface area (Å²) in [6, 6.07) is 0.865. The molecule has 2 atom stereocenters. The van der Waals surface area contributed by atoms with Crippen LogP contribution in [0.4, 0.5) is 24.9 Å². The maximum Gasteiger partial charge on any atom is 0.433 e. The Labute approximate surface area is 113 Å². The molecule has 0 spiro atoms. The maximum absolute atomic E-state index is 12.8. The molecule has 2 rings (SSSR count). The fourth-order valence-electron chi connectivity index (χ4n) is 2.06. The third-order valence-corrected chi connectivity index (χ3v) is 3.37. The average molecular weight is 291 g/mol. The molecule has 1 aromatic heterocycles. The summed E-state index contributed by atoms with van der Waals surface area (Å²) >= 11 is 0. The summed E-state index contributed by atoms with van der Waals surface area (Å²) in [5, 5.41) is 9.82. The first-order chi connectivity index (χ1) is 9.31. The molecule has 4 N–H and O–H groups in total. The van der Waals surface area contributed by atoms with E-state index in [9.17, 15) is 18.3 Å². The SMILES string of the molecule is CC1CCN(c2cc(C(F)(F)F)nc(NN)n2)CC1O. The highest BCUT2D eigenvalue weighted by Gasteiger charge is 2.35. The number of rotatable bonds is 2. The number of piperidine rings is 1. The monoisotopic (exact) mass is 291 g/mol. The van der Waals surface area contributed by atoms with Gasteiger partial charge in [0.25, 0.3) is 0 Å². The highest BCUT2D eigenvalue weighted by Crippen LogP contribution is 2.31. The van der Waals surface area contributed by atoms with Crippen LogP contribution in [-0.2, 0) is 6.18 Å². The van der Waals surface area contributed by atoms with Crippen molar-refractivity contribution in [3.63, 3.8) is 0 Å². The van der Waals surface area contributed by atoms with Gasteiger partial charge in [0.1, 0.15) is 5.82 Å². The molecule has 20 heavy (non-hydrogen) atoms. The average Bonchev–Trinajstić information content (AvgIpc) is 2.40. The number of nitrogens with zero attached hydrogens (tertiary/aromatic N) is 3. The summed E-state index contributed by atoms with van der Waals surface area (Å²) < 4.78 is 38.3. The number of nitrogens with one attached hydrogen (secondary N) is 1. The van der Waals surface area contributed by atoms with E-state index in [0.717, 1.165) is 6.07 Å². The van der Waals surface area contributed by atoms with Crippen LogP contribution < -0.4 is 16.2 Å². The van der Waals surface area contributed by atoms with Gasteiger partial charge in [0, 0.05) is 19.2 Å². The van der Waals surface area contributed by atoms with Crippen LogP contribution in [0.25, 0.3) is 0 Å². The minimum Gasteiger partial charge on any atom is -0.391 e. The summed E-state index contributed by atoms with van der Waals surface area (Å²) in [7, 11) is 0. The third kappa shape index (κ3) is 3.10. The van der Waals surface area contributed by atoms with Gasteiger partial charge in [-0.25, -0.2) is 10.8 Å². The van der Waals surface area contributed by atoms with E-state index >= 15 is 0 Å². The van der Waals surface area contributed by atoms with E-state index in [2.05, 4.69) is 9.97 Å². The normalized spacial score (nSPS) is 23.8. The van der Waals surface area contributed by atoms with E-state index in [-0.39, 0.29) is 24.2 Å². The number of aliphatic hydroxyl groups excluding tert-OH is 1. The lowest BCUT2D eigenvalue weighted by Crippen LogP contribution is -2.43. The minimum absolute atomic E-state index is 0.103. The second-order valence-corrected chi connectivity index (χ2v) is 4.86. The molecule has 2 heterocycles. The maximum atomic E-state index is 12.8. The fourth-order valence-corrected chi connectivity index (χ4v) is 2.06. The first-order valence-corrected chi connectivity index (χ1v) is 6.17. The number of hydrogen-bond acceptors (Lipinski definition) is 6. The topological polar surface area (TPSA) is 87.3 Å². The summed E-state index contributed by atoms with van der Waals surface area (Å²) in [5.74, 6) is 5.01. The van der Waals surface area contributed by atoms with E-state index in [4.69, 9.17) is 5.84 Å². The quantitative estimate of drug-likeness (QED) is 0.556. The van der Waals surface area contributed by atoms with Crippen LogP contribution in [0.5, 0.6) is 0 Å². The molecule has 1 fully saturated rings. The van der Waals surface area contributed by atoms with Gasteiger partial charge in [0.05, 0.1) is 6.10 Å². The van der Waals surface area contributed by atoms with Crippen molar-refractivity contribution in [2.45, 2.75) is 25.6 Å². The number of hydrogen-bond donors (Lipinski definition) is 3. The van der Waals surface area contributed by atoms with Gasteiger partial charge in [0.15, 0.2) is 5.69 Å². The first kappa shape index (κ1) is 14.8. The van der Waals surface area contributed by atoms with E-state index in [1.54, 1.807) is 4.90 Å². The smallest absolute Gasteiger partial charge is 0.391 e. The molecule has 0 saturated carbocycles. The van der Waals surface area contributed by atoms with Gasteiger partial charge in [-0.2, -0.15) is 18.2 Å². The molecule has 0 radical (unpaired) electrons. The molecule has 1 aliphatic rings. The Morgan fingerprint density at radius 2 is 2.15 bits per heavy atom. The zero-order valence-corrected chi connectivity index (χ0v) is 10.9. The summed E-state index contributed by atoms with van der Waals surface area (Å²) in [6.45, 7) is 2.66. The van der Waals surface area contributed by atoms with Crippen molar-refractivity contribution in [1.82, 2.24) is 9.97 Å². The Morgan fingerprint density at radius 1 is 1.45 bits per heavy atom.